The van der Waals surface area contributed by atoms with Crippen LogP contribution in [-0.2, 0) is 6.54 Å². The molecule has 0 saturated heterocycles. The van der Waals surface area contributed by atoms with E-state index in [9.17, 15) is 0 Å². The molecule has 0 N–H and O–H groups in total. The van der Waals surface area contributed by atoms with E-state index in [0.29, 0.717) is 0 Å². The molecule has 6 heteroatoms. The van der Waals surface area contributed by atoms with E-state index in [0.717, 1.165) is 58.1 Å². The lowest BCUT2D eigenvalue weighted by Crippen LogP contribution is -2.00. The maximum Gasteiger partial charge on any atom is 0.151 e. The summed E-state index contributed by atoms with van der Waals surface area (Å²) in [5.41, 5.74) is 4.04. The fraction of sp³-hybridized carbons (Fsp3) is 0.160. The highest BCUT2D eigenvalue weighted by atomic mass is 32.1. The summed E-state index contributed by atoms with van der Waals surface area (Å²) in [6, 6.07) is 17.0. The second-order valence-electron chi connectivity index (χ2n) is 7.58. The average Bonchev–Trinajstić information content (AvgIpc) is 3.57. The van der Waals surface area contributed by atoms with Gasteiger partial charge in [-0.2, -0.15) is 0 Å². The Balaban J connectivity index is 1.69. The monoisotopic (exact) mass is 440 g/mol. The van der Waals surface area contributed by atoms with E-state index in [1.165, 1.54) is 14.6 Å². The van der Waals surface area contributed by atoms with Crippen molar-refractivity contribution in [3.63, 3.8) is 0 Å². The van der Waals surface area contributed by atoms with Crippen LogP contribution in [0.2, 0.25) is 0 Å². The molecule has 4 nitrogen and oxygen atoms in total. The highest BCUT2D eigenvalue weighted by Crippen LogP contribution is 2.40. The van der Waals surface area contributed by atoms with Gasteiger partial charge in [-0.25, -0.2) is 4.98 Å². The Morgan fingerprint density at radius 1 is 0.806 bits per heavy atom. The molecule has 0 atom stereocenters. The van der Waals surface area contributed by atoms with Gasteiger partial charge in [-0.1, -0.05) is 19.4 Å². The Labute approximate surface area is 187 Å². The number of benzene rings is 1. The van der Waals surface area contributed by atoms with Crippen LogP contribution in [0.25, 0.3) is 53.3 Å². The van der Waals surface area contributed by atoms with Gasteiger partial charge in [0.25, 0.3) is 0 Å². The van der Waals surface area contributed by atoms with Crippen molar-refractivity contribution >= 4 is 55.5 Å². The quantitative estimate of drug-likeness (QED) is 0.262. The third-order valence-electron chi connectivity index (χ3n) is 5.64. The molecule has 0 amide bonds. The SMILES string of the molecule is CCCCn1c(-c2ccc(-c3cccs3)s2)nc2c3cccnc3c3ncccc3c21. The van der Waals surface area contributed by atoms with E-state index in [2.05, 4.69) is 58.3 Å². The van der Waals surface area contributed by atoms with Gasteiger partial charge in [-0.15, -0.1) is 22.7 Å². The van der Waals surface area contributed by atoms with Crippen LogP contribution < -0.4 is 0 Å². The summed E-state index contributed by atoms with van der Waals surface area (Å²) in [4.78, 5) is 18.4. The van der Waals surface area contributed by atoms with E-state index < -0.39 is 0 Å². The van der Waals surface area contributed by atoms with Crippen molar-refractivity contribution in [2.24, 2.45) is 0 Å². The minimum atomic E-state index is 0.919. The van der Waals surface area contributed by atoms with Gasteiger partial charge in [0, 0.05) is 39.5 Å². The van der Waals surface area contributed by atoms with Crippen LogP contribution in [0.3, 0.4) is 0 Å². The van der Waals surface area contributed by atoms with Crippen LogP contribution >= 0.6 is 22.7 Å². The molecule has 0 unspecified atom stereocenters. The standard InChI is InChI=1S/C25H20N4S2/c1-2-3-14-29-24-17-8-5-13-27-22(17)21-16(7-4-12-26-21)23(24)28-25(29)20-11-10-19(31-20)18-9-6-15-30-18/h4-13,15H,2-3,14H2,1H3. The summed E-state index contributed by atoms with van der Waals surface area (Å²) in [5, 5.41) is 4.31. The van der Waals surface area contributed by atoms with Gasteiger partial charge in [-0.3, -0.25) is 9.97 Å². The number of hydrogen-bond acceptors (Lipinski definition) is 5. The second-order valence-corrected chi connectivity index (χ2v) is 9.61. The Kier molecular flexibility index (Phi) is 4.55. The first-order chi connectivity index (χ1) is 15.3. The zero-order chi connectivity index (χ0) is 20.8. The summed E-state index contributed by atoms with van der Waals surface area (Å²) in [5.74, 6) is 1.04. The number of aromatic nitrogens is 4. The molecule has 5 heterocycles. The van der Waals surface area contributed by atoms with Gasteiger partial charge in [0.05, 0.1) is 26.9 Å². The topological polar surface area (TPSA) is 43.6 Å². The number of pyridine rings is 2. The van der Waals surface area contributed by atoms with Crippen molar-refractivity contribution in [1.82, 2.24) is 19.5 Å². The molecule has 5 aromatic heterocycles. The van der Waals surface area contributed by atoms with E-state index in [1.54, 1.807) is 11.3 Å². The molecular formula is C25H20N4S2. The fourth-order valence-electron chi connectivity index (χ4n) is 4.22. The summed E-state index contributed by atoms with van der Waals surface area (Å²) in [6.07, 6.45) is 5.93. The third kappa shape index (κ3) is 2.98. The predicted octanol–water partition coefficient (Wildman–Crippen LogP) is 7.39. The largest absolute Gasteiger partial charge is 0.323 e. The van der Waals surface area contributed by atoms with E-state index >= 15 is 0 Å². The number of hydrogen-bond donors (Lipinski definition) is 0. The highest BCUT2D eigenvalue weighted by Gasteiger charge is 2.20. The summed E-state index contributed by atoms with van der Waals surface area (Å²) in [7, 11) is 0. The summed E-state index contributed by atoms with van der Waals surface area (Å²) < 4.78 is 2.40. The van der Waals surface area contributed by atoms with E-state index in [1.807, 2.05) is 35.9 Å². The van der Waals surface area contributed by atoms with Gasteiger partial charge in [0.1, 0.15) is 0 Å². The molecule has 6 aromatic rings. The van der Waals surface area contributed by atoms with Crippen molar-refractivity contribution in [3.05, 3.63) is 66.3 Å². The molecule has 0 aliphatic heterocycles. The molecule has 0 fully saturated rings. The summed E-state index contributed by atoms with van der Waals surface area (Å²) >= 11 is 3.59. The summed E-state index contributed by atoms with van der Waals surface area (Å²) in [6.45, 7) is 3.17. The number of nitrogens with zero attached hydrogens (tertiary/aromatic N) is 4. The Morgan fingerprint density at radius 3 is 2.35 bits per heavy atom. The number of imidazole rings is 1. The molecule has 6 rings (SSSR count). The van der Waals surface area contributed by atoms with Crippen LogP contribution in [0.1, 0.15) is 19.8 Å². The zero-order valence-electron chi connectivity index (χ0n) is 17.1. The van der Waals surface area contributed by atoms with Crippen molar-refractivity contribution in [1.29, 1.82) is 0 Å². The van der Waals surface area contributed by atoms with Crippen LogP contribution in [0, 0.1) is 0 Å². The van der Waals surface area contributed by atoms with Crippen LogP contribution in [0.4, 0.5) is 0 Å². The van der Waals surface area contributed by atoms with Gasteiger partial charge in [-0.05, 0) is 54.3 Å². The maximum atomic E-state index is 5.22. The Hall–Kier alpha value is -3.09. The molecule has 1 aromatic carbocycles. The number of unbranched alkanes of at least 4 members (excludes halogenated alkanes) is 1. The van der Waals surface area contributed by atoms with Crippen molar-refractivity contribution < 1.29 is 0 Å². The third-order valence-corrected chi connectivity index (χ3v) is 7.79. The lowest BCUT2D eigenvalue weighted by Gasteiger charge is -2.10. The van der Waals surface area contributed by atoms with Gasteiger partial charge in [0.15, 0.2) is 5.82 Å². The minimum absolute atomic E-state index is 0.919. The van der Waals surface area contributed by atoms with Crippen molar-refractivity contribution in [3.8, 4) is 20.5 Å². The first-order valence-electron chi connectivity index (χ1n) is 10.5. The molecule has 152 valence electrons. The zero-order valence-corrected chi connectivity index (χ0v) is 18.7. The number of thiophene rings is 2. The predicted molar refractivity (Wildman–Crippen MR) is 132 cm³/mol. The maximum absolute atomic E-state index is 5.22. The van der Waals surface area contributed by atoms with Crippen molar-refractivity contribution in [2.75, 3.05) is 0 Å². The average molecular weight is 441 g/mol. The lowest BCUT2D eigenvalue weighted by atomic mass is 10.1. The minimum Gasteiger partial charge on any atom is -0.323 e. The van der Waals surface area contributed by atoms with E-state index in [-0.39, 0.29) is 0 Å². The number of fused-ring (bicyclic) bond motifs is 6. The van der Waals surface area contributed by atoms with E-state index in [4.69, 9.17) is 9.97 Å². The van der Waals surface area contributed by atoms with Gasteiger partial charge >= 0.3 is 0 Å². The van der Waals surface area contributed by atoms with Gasteiger partial charge in [0.2, 0.25) is 0 Å². The molecule has 0 aliphatic rings. The fourth-order valence-corrected chi connectivity index (χ4v) is 6.05. The van der Waals surface area contributed by atoms with Crippen LogP contribution in [-0.4, -0.2) is 19.5 Å². The molecule has 31 heavy (non-hydrogen) atoms. The Morgan fingerprint density at radius 2 is 1.58 bits per heavy atom. The highest BCUT2D eigenvalue weighted by molar-refractivity contribution is 7.23. The Bertz CT molecular complexity index is 1530. The number of aryl methyl sites for hydroxylation is 1. The van der Waals surface area contributed by atoms with Crippen LogP contribution in [0.15, 0.2) is 66.3 Å². The van der Waals surface area contributed by atoms with Crippen molar-refractivity contribution in [2.45, 2.75) is 26.3 Å². The molecular weight excluding hydrogens is 420 g/mol. The van der Waals surface area contributed by atoms with Gasteiger partial charge < -0.3 is 4.57 Å². The molecule has 0 bridgehead atoms. The molecule has 0 aliphatic carbocycles. The first-order valence-corrected chi connectivity index (χ1v) is 12.2. The lowest BCUT2D eigenvalue weighted by molar-refractivity contribution is 0.652. The smallest absolute Gasteiger partial charge is 0.151 e. The van der Waals surface area contributed by atoms with Crippen LogP contribution in [0.5, 0.6) is 0 Å². The first kappa shape index (κ1) is 18.7. The molecule has 0 saturated carbocycles. The normalized spacial score (nSPS) is 11.8. The number of rotatable bonds is 5. The molecule has 0 spiro atoms. The second kappa shape index (κ2) is 7.55. The molecule has 0 radical (unpaired) electrons.